The molecule has 114 valence electrons. The second-order valence-electron chi connectivity index (χ2n) is 3.17. The van der Waals surface area contributed by atoms with Gasteiger partial charge in [-0.15, -0.1) is 0 Å². The monoisotopic (exact) mass is 300 g/mol. The van der Waals surface area contributed by atoms with Gasteiger partial charge in [0.1, 0.15) is 0 Å². The van der Waals surface area contributed by atoms with Gasteiger partial charge in [-0.2, -0.15) is 0 Å². The largest absolute Gasteiger partial charge is 0.478 e. The van der Waals surface area contributed by atoms with Gasteiger partial charge in [-0.25, -0.2) is 24.0 Å². The normalized spacial score (nSPS) is 11.7. The summed E-state index contributed by atoms with van der Waals surface area (Å²) in [5.74, 6) is -4.61. The number of cyclic esters (lactones) is 2. The Kier molecular flexibility index (Phi) is 10.2. The van der Waals surface area contributed by atoms with Gasteiger partial charge in [0.25, 0.3) is 0 Å². The Labute approximate surface area is 118 Å². The van der Waals surface area contributed by atoms with Crippen LogP contribution in [0.4, 0.5) is 0 Å². The van der Waals surface area contributed by atoms with Crippen LogP contribution in [0.5, 0.6) is 0 Å². The third kappa shape index (κ3) is 16.8. The first-order chi connectivity index (χ1) is 9.56. The number of carbonyl (C=O) groups is 5. The van der Waals surface area contributed by atoms with Crippen LogP contribution in [0.1, 0.15) is 6.92 Å². The first-order valence-electron chi connectivity index (χ1n) is 5.02. The predicted molar refractivity (Wildman–Crippen MR) is 67.1 cm³/mol. The first kappa shape index (κ1) is 20.1. The summed E-state index contributed by atoms with van der Waals surface area (Å²) in [4.78, 5) is 48.6. The second-order valence-corrected chi connectivity index (χ2v) is 3.17. The summed E-state index contributed by atoms with van der Waals surface area (Å²) in [6.45, 7) is 4.60. The molecule has 0 aromatic rings. The van der Waals surface area contributed by atoms with Crippen LogP contribution < -0.4 is 0 Å². The lowest BCUT2D eigenvalue weighted by Crippen LogP contribution is -1.96. The van der Waals surface area contributed by atoms with Crippen molar-refractivity contribution in [2.75, 3.05) is 0 Å². The van der Waals surface area contributed by atoms with Crippen molar-refractivity contribution in [1.82, 2.24) is 0 Å². The summed E-state index contributed by atoms with van der Waals surface area (Å²) >= 11 is 0. The van der Waals surface area contributed by atoms with E-state index in [0.29, 0.717) is 12.2 Å². The van der Waals surface area contributed by atoms with Gasteiger partial charge < -0.3 is 20.1 Å². The summed E-state index contributed by atoms with van der Waals surface area (Å²) in [5, 5.41) is 23.5. The van der Waals surface area contributed by atoms with E-state index in [1.807, 2.05) is 0 Å². The van der Waals surface area contributed by atoms with Crippen LogP contribution in [-0.2, 0) is 28.7 Å². The molecule has 1 heterocycles. The van der Waals surface area contributed by atoms with Crippen LogP contribution in [0.15, 0.2) is 36.5 Å². The Morgan fingerprint density at radius 3 is 1.38 bits per heavy atom. The molecule has 0 radical (unpaired) electrons. The van der Waals surface area contributed by atoms with Gasteiger partial charge in [-0.05, 0) is 6.92 Å². The maximum atomic E-state index is 9.92. The average Bonchev–Trinajstić information content (AvgIpc) is 2.72. The molecule has 0 unspecified atom stereocenters. The Balaban J connectivity index is 0. The number of carboxylic acid groups (broad SMARTS) is 3. The molecule has 0 aromatic heterocycles. The highest BCUT2D eigenvalue weighted by molar-refractivity contribution is 6.04. The van der Waals surface area contributed by atoms with Crippen LogP contribution in [-0.4, -0.2) is 45.2 Å². The van der Waals surface area contributed by atoms with Gasteiger partial charge in [-0.1, -0.05) is 6.58 Å². The number of carboxylic acids is 3. The minimum Gasteiger partial charge on any atom is -0.478 e. The third-order valence-corrected chi connectivity index (χ3v) is 1.29. The van der Waals surface area contributed by atoms with Gasteiger partial charge in [-0.3, -0.25) is 0 Å². The highest BCUT2D eigenvalue weighted by Gasteiger charge is 2.10. The number of carbonyl (C=O) groups excluding carboxylic acids is 2. The van der Waals surface area contributed by atoms with Crippen molar-refractivity contribution in [2.24, 2.45) is 0 Å². The molecule has 1 rings (SSSR count). The lowest BCUT2D eigenvalue weighted by Gasteiger charge is -1.80. The SMILES string of the molecule is C=C(C)C(=O)O.O=C(O)C=CC(=O)O.O=C1C=CC(=O)O1. The molecular weight excluding hydrogens is 288 g/mol. The summed E-state index contributed by atoms with van der Waals surface area (Å²) in [6, 6.07) is 0. The van der Waals surface area contributed by atoms with Crippen molar-refractivity contribution in [3.8, 4) is 0 Å². The quantitative estimate of drug-likeness (QED) is 0.370. The minimum atomic E-state index is -1.26. The van der Waals surface area contributed by atoms with Crippen molar-refractivity contribution in [3.05, 3.63) is 36.5 Å². The molecule has 9 heteroatoms. The number of hydrogen-bond donors (Lipinski definition) is 3. The van der Waals surface area contributed by atoms with Gasteiger partial charge >= 0.3 is 29.8 Å². The van der Waals surface area contributed by atoms with Crippen LogP contribution in [0, 0.1) is 0 Å². The van der Waals surface area contributed by atoms with E-state index in [9.17, 15) is 24.0 Å². The lowest BCUT2D eigenvalue weighted by atomic mass is 10.4. The van der Waals surface area contributed by atoms with Crippen molar-refractivity contribution in [1.29, 1.82) is 0 Å². The van der Waals surface area contributed by atoms with Crippen LogP contribution >= 0.6 is 0 Å². The van der Waals surface area contributed by atoms with Gasteiger partial charge in [0, 0.05) is 29.9 Å². The van der Waals surface area contributed by atoms with Gasteiger partial charge in [0.15, 0.2) is 0 Å². The number of aliphatic carboxylic acids is 3. The molecule has 1 aliphatic rings. The van der Waals surface area contributed by atoms with E-state index in [4.69, 9.17) is 15.3 Å². The highest BCUT2D eigenvalue weighted by atomic mass is 16.6. The third-order valence-electron chi connectivity index (χ3n) is 1.29. The molecule has 0 aromatic carbocycles. The lowest BCUT2D eigenvalue weighted by molar-refractivity contribution is -0.150. The fraction of sp³-hybridized carbons (Fsp3) is 0.0833. The Hall–Kier alpha value is -3.23. The van der Waals surface area contributed by atoms with Crippen LogP contribution in [0.25, 0.3) is 0 Å². The molecule has 0 fully saturated rings. The van der Waals surface area contributed by atoms with Gasteiger partial charge in [0.05, 0.1) is 0 Å². The van der Waals surface area contributed by atoms with Crippen LogP contribution in [0.2, 0.25) is 0 Å². The molecule has 0 atom stereocenters. The number of esters is 2. The first-order valence-corrected chi connectivity index (χ1v) is 5.02. The van der Waals surface area contributed by atoms with Crippen molar-refractivity contribution >= 4 is 29.8 Å². The number of rotatable bonds is 3. The smallest absolute Gasteiger partial charge is 0.338 e. The van der Waals surface area contributed by atoms with E-state index >= 15 is 0 Å². The molecule has 3 N–H and O–H groups in total. The molecule has 0 saturated heterocycles. The van der Waals surface area contributed by atoms with E-state index in [1.54, 1.807) is 0 Å². The van der Waals surface area contributed by atoms with E-state index in [2.05, 4.69) is 11.3 Å². The fourth-order valence-electron chi connectivity index (χ4n) is 0.446. The zero-order chi connectivity index (χ0) is 17.0. The summed E-state index contributed by atoms with van der Waals surface area (Å²) < 4.78 is 3.97. The predicted octanol–water partition coefficient (Wildman–Crippen LogP) is -0.0151. The summed E-state index contributed by atoms with van der Waals surface area (Å²) in [7, 11) is 0. The van der Waals surface area contributed by atoms with Crippen molar-refractivity contribution in [2.45, 2.75) is 6.92 Å². The molecule has 9 nitrogen and oxygen atoms in total. The van der Waals surface area contributed by atoms with E-state index in [0.717, 1.165) is 12.2 Å². The zero-order valence-corrected chi connectivity index (χ0v) is 10.8. The molecule has 21 heavy (non-hydrogen) atoms. The molecule has 1 aliphatic heterocycles. The second kappa shape index (κ2) is 10.7. The standard InChI is InChI=1S/C4H4O4.C4H2O3.C4H6O2/c5-3(6)1-2-4(7)8;5-3-1-2-4(6)7-3;1-3(2)4(5)6/h1-2H,(H,5,6)(H,7,8);1-2H;1H2,2H3,(H,5,6). The Bertz CT molecular complexity index is 467. The average molecular weight is 300 g/mol. The summed E-state index contributed by atoms with van der Waals surface area (Å²) in [6.07, 6.45) is 3.29. The number of ether oxygens (including phenoxy) is 1. The fourth-order valence-corrected chi connectivity index (χ4v) is 0.446. The van der Waals surface area contributed by atoms with E-state index < -0.39 is 29.8 Å². The molecule has 0 aliphatic carbocycles. The number of hydrogen-bond acceptors (Lipinski definition) is 6. The molecule has 0 spiro atoms. The van der Waals surface area contributed by atoms with Crippen molar-refractivity contribution in [3.63, 3.8) is 0 Å². The van der Waals surface area contributed by atoms with Gasteiger partial charge in [0.2, 0.25) is 0 Å². The molecule has 0 saturated carbocycles. The molecule has 0 bridgehead atoms. The summed E-state index contributed by atoms with van der Waals surface area (Å²) in [5.41, 5.74) is 0.176. The van der Waals surface area contributed by atoms with E-state index in [1.165, 1.54) is 6.92 Å². The zero-order valence-electron chi connectivity index (χ0n) is 10.8. The molecule has 0 amide bonds. The Morgan fingerprint density at radius 2 is 1.29 bits per heavy atom. The minimum absolute atomic E-state index is 0.176. The highest BCUT2D eigenvalue weighted by Crippen LogP contribution is 1.92. The van der Waals surface area contributed by atoms with E-state index in [-0.39, 0.29) is 5.57 Å². The Morgan fingerprint density at radius 1 is 1.00 bits per heavy atom. The topological polar surface area (TPSA) is 155 Å². The maximum Gasteiger partial charge on any atom is 0.338 e. The molecular formula is C12H12O9. The maximum absolute atomic E-state index is 9.92. The van der Waals surface area contributed by atoms with Crippen molar-refractivity contribution < 1.29 is 44.0 Å². The van der Waals surface area contributed by atoms with Crippen LogP contribution in [0.3, 0.4) is 0 Å².